The van der Waals surface area contributed by atoms with Crippen molar-refractivity contribution in [1.29, 1.82) is 0 Å². The van der Waals surface area contributed by atoms with Crippen LogP contribution in [0.2, 0.25) is 5.02 Å². The molecule has 2 N–H and O–H groups in total. The van der Waals surface area contributed by atoms with Gasteiger partial charge in [-0.1, -0.05) is 23.7 Å². The molecule has 1 aliphatic heterocycles. The first kappa shape index (κ1) is 13.9. The van der Waals surface area contributed by atoms with Crippen molar-refractivity contribution in [3.05, 3.63) is 34.9 Å². The molecular weight excluding hydrogens is 272 g/mol. The van der Waals surface area contributed by atoms with Crippen LogP contribution < -0.4 is 5.73 Å². The van der Waals surface area contributed by atoms with Crippen molar-refractivity contribution in [1.82, 2.24) is 4.90 Å². The number of hydrogen-bond donors (Lipinski definition) is 1. The lowest BCUT2D eigenvalue weighted by Gasteiger charge is -2.28. The maximum atomic E-state index is 12.7. The highest BCUT2D eigenvalue weighted by atomic mass is 35.5. The van der Waals surface area contributed by atoms with E-state index in [1.54, 1.807) is 0 Å². The van der Waals surface area contributed by atoms with Gasteiger partial charge in [-0.05, 0) is 49.8 Å². The van der Waals surface area contributed by atoms with Gasteiger partial charge in [0.1, 0.15) is 0 Å². The van der Waals surface area contributed by atoms with Crippen LogP contribution in [0.15, 0.2) is 24.3 Å². The van der Waals surface area contributed by atoms with E-state index in [1.807, 2.05) is 23.1 Å². The minimum Gasteiger partial charge on any atom is -0.335 e. The zero-order valence-electron chi connectivity index (χ0n) is 11.6. The molecule has 2 aliphatic rings. The number of likely N-dealkylation sites (tertiary alicyclic amines) is 1. The average molecular weight is 293 g/mol. The Morgan fingerprint density at radius 2 is 2.15 bits per heavy atom. The molecule has 3 atom stereocenters. The first-order valence-electron chi connectivity index (χ1n) is 7.46. The molecule has 1 saturated carbocycles. The summed E-state index contributed by atoms with van der Waals surface area (Å²) in [5.74, 6) is 0.421. The molecular formula is C16H21ClN2O. The van der Waals surface area contributed by atoms with Crippen LogP contribution in [0.3, 0.4) is 0 Å². The lowest BCUT2D eigenvalue weighted by atomic mass is 10.0. The number of halogens is 1. The fourth-order valence-electron chi connectivity index (χ4n) is 3.57. The Balaban J connectivity index is 1.77. The van der Waals surface area contributed by atoms with E-state index in [-0.39, 0.29) is 18.0 Å². The summed E-state index contributed by atoms with van der Waals surface area (Å²) in [6, 6.07) is 8.29. The van der Waals surface area contributed by atoms with Crippen LogP contribution in [0.5, 0.6) is 0 Å². The van der Waals surface area contributed by atoms with Crippen LogP contribution >= 0.6 is 11.6 Å². The average Bonchev–Trinajstić information content (AvgIpc) is 3.06. The summed E-state index contributed by atoms with van der Waals surface area (Å²) in [6.07, 6.45) is 4.87. The quantitative estimate of drug-likeness (QED) is 0.910. The minimum atomic E-state index is 0.129. The molecule has 1 amide bonds. The smallest absolute Gasteiger partial charge is 0.226 e. The van der Waals surface area contributed by atoms with Crippen molar-refractivity contribution >= 4 is 17.5 Å². The second kappa shape index (κ2) is 5.74. The van der Waals surface area contributed by atoms with Gasteiger partial charge in [-0.2, -0.15) is 0 Å². The number of amides is 1. The Morgan fingerprint density at radius 3 is 2.85 bits per heavy atom. The number of carbonyl (C=O) groups excluding carboxylic acids is 1. The molecule has 108 valence electrons. The van der Waals surface area contributed by atoms with Gasteiger partial charge in [-0.3, -0.25) is 4.79 Å². The summed E-state index contributed by atoms with van der Waals surface area (Å²) >= 11 is 6.08. The summed E-state index contributed by atoms with van der Waals surface area (Å²) in [4.78, 5) is 14.7. The first-order chi connectivity index (χ1) is 9.65. The van der Waals surface area contributed by atoms with Gasteiger partial charge in [0.2, 0.25) is 5.91 Å². The van der Waals surface area contributed by atoms with Crippen molar-refractivity contribution < 1.29 is 4.79 Å². The van der Waals surface area contributed by atoms with Gasteiger partial charge in [-0.25, -0.2) is 0 Å². The van der Waals surface area contributed by atoms with Crippen molar-refractivity contribution in [3.8, 4) is 0 Å². The van der Waals surface area contributed by atoms with E-state index in [9.17, 15) is 4.79 Å². The zero-order valence-corrected chi connectivity index (χ0v) is 12.4. The third kappa shape index (κ3) is 2.70. The highest BCUT2D eigenvalue weighted by molar-refractivity contribution is 6.30. The number of carbonyl (C=O) groups is 1. The van der Waals surface area contributed by atoms with E-state index < -0.39 is 0 Å². The second-order valence-corrected chi connectivity index (χ2v) is 6.45. The van der Waals surface area contributed by atoms with E-state index in [4.69, 9.17) is 17.3 Å². The van der Waals surface area contributed by atoms with Gasteiger partial charge in [0.25, 0.3) is 0 Å². The largest absolute Gasteiger partial charge is 0.335 e. The topological polar surface area (TPSA) is 46.3 Å². The third-order valence-corrected chi connectivity index (χ3v) is 4.83. The normalized spacial score (nSPS) is 29.9. The molecule has 2 fully saturated rings. The van der Waals surface area contributed by atoms with Gasteiger partial charge < -0.3 is 10.6 Å². The summed E-state index contributed by atoms with van der Waals surface area (Å²) in [6.45, 7) is 0.863. The second-order valence-electron chi connectivity index (χ2n) is 6.01. The Hall–Kier alpha value is -1.06. The number of nitrogens with zero attached hydrogens (tertiary/aromatic N) is 1. The molecule has 3 rings (SSSR count). The van der Waals surface area contributed by atoms with Crippen LogP contribution in [0.25, 0.3) is 0 Å². The van der Waals surface area contributed by atoms with Gasteiger partial charge in [0.15, 0.2) is 0 Å². The van der Waals surface area contributed by atoms with E-state index in [0.717, 1.165) is 49.2 Å². The Labute approximate surface area is 125 Å². The van der Waals surface area contributed by atoms with Crippen LogP contribution in [0.4, 0.5) is 0 Å². The minimum absolute atomic E-state index is 0.129. The first-order valence-corrected chi connectivity index (χ1v) is 7.84. The summed E-state index contributed by atoms with van der Waals surface area (Å²) in [5.41, 5.74) is 7.10. The maximum absolute atomic E-state index is 12.7. The maximum Gasteiger partial charge on any atom is 0.226 e. The van der Waals surface area contributed by atoms with Crippen LogP contribution in [-0.4, -0.2) is 23.4 Å². The predicted octanol–water partition coefficient (Wildman–Crippen LogP) is 3.13. The van der Waals surface area contributed by atoms with E-state index in [1.165, 1.54) is 0 Å². The number of benzene rings is 1. The SMILES string of the molecule is NC1CCC(C(=O)N2CCCC2c2cccc(Cl)c2)C1. The lowest BCUT2D eigenvalue weighted by molar-refractivity contribution is -0.136. The van der Waals surface area contributed by atoms with Crippen molar-refractivity contribution in [2.24, 2.45) is 11.7 Å². The van der Waals surface area contributed by atoms with Gasteiger partial charge >= 0.3 is 0 Å². The van der Waals surface area contributed by atoms with Crippen LogP contribution in [-0.2, 0) is 4.79 Å². The summed E-state index contributed by atoms with van der Waals surface area (Å²) < 4.78 is 0. The lowest BCUT2D eigenvalue weighted by Crippen LogP contribution is -2.35. The third-order valence-electron chi connectivity index (χ3n) is 4.59. The fraction of sp³-hybridized carbons (Fsp3) is 0.562. The highest BCUT2D eigenvalue weighted by Gasteiger charge is 2.36. The van der Waals surface area contributed by atoms with Crippen LogP contribution in [0, 0.1) is 5.92 Å². The predicted molar refractivity (Wildman–Crippen MR) is 80.5 cm³/mol. The summed E-state index contributed by atoms with van der Waals surface area (Å²) in [5, 5.41) is 0.740. The standard InChI is InChI=1S/C16H21ClN2O/c17-13-4-1-3-11(9-13)15-5-2-8-19(15)16(20)12-6-7-14(18)10-12/h1,3-4,9,12,14-15H,2,5-8,10,18H2. The van der Waals surface area contributed by atoms with E-state index in [2.05, 4.69) is 6.07 Å². The molecule has 1 saturated heterocycles. The molecule has 1 aromatic carbocycles. The Morgan fingerprint density at radius 1 is 1.30 bits per heavy atom. The molecule has 4 heteroatoms. The molecule has 0 radical (unpaired) electrons. The molecule has 3 nitrogen and oxygen atoms in total. The molecule has 3 unspecified atom stereocenters. The monoisotopic (exact) mass is 292 g/mol. The number of hydrogen-bond acceptors (Lipinski definition) is 2. The molecule has 20 heavy (non-hydrogen) atoms. The molecule has 0 bridgehead atoms. The number of nitrogens with two attached hydrogens (primary N) is 1. The summed E-state index contributed by atoms with van der Waals surface area (Å²) in [7, 11) is 0. The molecule has 0 spiro atoms. The molecule has 1 aromatic rings. The van der Waals surface area contributed by atoms with Crippen LogP contribution in [0.1, 0.15) is 43.7 Å². The molecule has 1 aliphatic carbocycles. The van der Waals surface area contributed by atoms with E-state index >= 15 is 0 Å². The van der Waals surface area contributed by atoms with E-state index in [0.29, 0.717) is 5.91 Å². The van der Waals surface area contributed by atoms with Crippen molar-refractivity contribution in [2.45, 2.75) is 44.2 Å². The Bertz CT molecular complexity index is 505. The van der Waals surface area contributed by atoms with Gasteiger partial charge in [-0.15, -0.1) is 0 Å². The highest BCUT2D eigenvalue weighted by Crippen LogP contribution is 2.36. The number of rotatable bonds is 2. The molecule has 0 aromatic heterocycles. The van der Waals surface area contributed by atoms with Gasteiger partial charge in [0.05, 0.1) is 6.04 Å². The molecule has 1 heterocycles. The zero-order chi connectivity index (χ0) is 14.1. The van der Waals surface area contributed by atoms with Crippen molar-refractivity contribution in [3.63, 3.8) is 0 Å². The van der Waals surface area contributed by atoms with Crippen molar-refractivity contribution in [2.75, 3.05) is 6.54 Å². The van der Waals surface area contributed by atoms with Gasteiger partial charge in [0, 0.05) is 23.5 Å². The Kier molecular flexibility index (Phi) is 3.99. The fourth-order valence-corrected chi connectivity index (χ4v) is 3.76.